The van der Waals surface area contributed by atoms with Crippen molar-refractivity contribution in [1.82, 2.24) is 0 Å². The zero-order chi connectivity index (χ0) is 11.0. The molecular formula is C10H6Br2FNO. The quantitative estimate of drug-likeness (QED) is 0.772. The maximum absolute atomic E-state index is 12.7. The second-order valence-corrected chi connectivity index (χ2v) is 4.84. The highest BCUT2D eigenvalue weighted by Crippen LogP contribution is 2.31. The van der Waals surface area contributed by atoms with Crippen molar-refractivity contribution in [2.75, 3.05) is 11.4 Å². The van der Waals surface area contributed by atoms with Gasteiger partial charge in [-0.25, -0.2) is 4.39 Å². The summed E-state index contributed by atoms with van der Waals surface area (Å²) in [6, 6.07) is 5.84. The van der Waals surface area contributed by atoms with Gasteiger partial charge in [0.2, 0.25) is 0 Å². The Balaban J connectivity index is 2.29. The van der Waals surface area contributed by atoms with Crippen LogP contribution in [0, 0.1) is 5.82 Å². The van der Waals surface area contributed by atoms with E-state index in [4.69, 9.17) is 0 Å². The van der Waals surface area contributed by atoms with Gasteiger partial charge < -0.3 is 4.90 Å². The van der Waals surface area contributed by atoms with E-state index < -0.39 is 0 Å². The van der Waals surface area contributed by atoms with Gasteiger partial charge in [-0.1, -0.05) is 15.9 Å². The third-order valence-electron chi connectivity index (χ3n) is 2.11. The molecule has 0 unspecified atom stereocenters. The maximum atomic E-state index is 12.7. The van der Waals surface area contributed by atoms with Crippen molar-refractivity contribution in [2.45, 2.75) is 0 Å². The van der Waals surface area contributed by atoms with E-state index >= 15 is 0 Å². The Labute approximate surface area is 103 Å². The lowest BCUT2D eigenvalue weighted by Gasteiger charge is -2.15. The molecule has 0 saturated carbocycles. The van der Waals surface area contributed by atoms with Gasteiger partial charge >= 0.3 is 0 Å². The Bertz CT molecular complexity index is 441. The minimum atomic E-state index is -0.309. The molecule has 1 aromatic rings. The third kappa shape index (κ3) is 1.99. The van der Waals surface area contributed by atoms with Crippen molar-refractivity contribution in [3.05, 3.63) is 39.0 Å². The predicted octanol–water partition coefficient (Wildman–Crippen LogP) is 3.17. The number of hydrogen-bond acceptors (Lipinski definition) is 1. The van der Waals surface area contributed by atoms with E-state index in [2.05, 4.69) is 31.9 Å². The molecule has 15 heavy (non-hydrogen) atoms. The van der Waals surface area contributed by atoms with Crippen LogP contribution in [0.25, 0.3) is 0 Å². The highest BCUT2D eigenvalue weighted by atomic mass is 79.9. The zero-order valence-electron chi connectivity index (χ0n) is 7.51. The van der Waals surface area contributed by atoms with Gasteiger partial charge in [-0.3, -0.25) is 4.79 Å². The van der Waals surface area contributed by atoms with Crippen LogP contribution in [-0.2, 0) is 4.79 Å². The number of halogens is 3. The fourth-order valence-corrected chi connectivity index (χ4v) is 2.10. The van der Waals surface area contributed by atoms with Crippen molar-refractivity contribution < 1.29 is 9.18 Å². The second-order valence-electron chi connectivity index (χ2n) is 3.09. The first kappa shape index (κ1) is 10.8. The van der Waals surface area contributed by atoms with Gasteiger partial charge in [0.25, 0.3) is 5.91 Å². The smallest absolute Gasteiger partial charge is 0.266 e. The molecule has 0 radical (unpaired) electrons. The SMILES string of the molecule is O=C1C(Br)=C(Br)CN1c1ccc(F)cc1. The van der Waals surface area contributed by atoms with Crippen LogP contribution in [0.2, 0.25) is 0 Å². The lowest BCUT2D eigenvalue weighted by Crippen LogP contribution is -2.25. The molecule has 78 valence electrons. The Morgan fingerprint density at radius 2 is 1.80 bits per heavy atom. The number of benzene rings is 1. The normalized spacial score (nSPS) is 16.5. The largest absolute Gasteiger partial charge is 0.303 e. The molecule has 0 atom stereocenters. The van der Waals surface area contributed by atoms with E-state index in [0.29, 0.717) is 16.7 Å². The molecule has 0 bridgehead atoms. The van der Waals surface area contributed by atoms with E-state index in [0.717, 1.165) is 4.48 Å². The average Bonchev–Trinajstić information content (AvgIpc) is 2.47. The highest BCUT2D eigenvalue weighted by Gasteiger charge is 2.28. The number of nitrogens with zero attached hydrogens (tertiary/aromatic N) is 1. The molecule has 1 aromatic carbocycles. The predicted molar refractivity (Wildman–Crippen MR) is 63.6 cm³/mol. The molecule has 0 aromatic heterocycles. The van der Waals surface area contributed by atoms with Gasteiger partial charge in [0, 0.05) is 10.2 Å². The van der Waals surface area contributed by atoms with Crippen LogP contribution in [0.5, 0.6) is 0 Å². The van der Waals surface area contributed by atoms with E-state index in [9.17, 15) is 9.18 Å². The van der Waals surface area contributed by atoms with Gasteiger partial charge in [0.15, 0.2) is 0 Å². The molecular weight excluding hydrogens is 329 g/mol. The fourth-order valence-electron chi connectivity index (χ4n) is 1.34. The maximum Gasteiger partial charge on any atom is 0.266 e. The van der Waals surface area contributed by atoms with Crippen LogP contribution in [0.4, 0.5) is 10.1 Å². The van der Waals surface area contributed by atoms with E-state index in [-0.39, 0.29) is 11.7 Å². The van der Waals surface area contributed by atoms with Crippen LogP contribution in [0.1, 0.15) is 0 Å². The summed E-state index contributed by atoms with van der Waals surface area (Å²) in [6.07, 6.45) is 0. The summed E-state index contributed by atoms with van der Waals surface area (Å²) < 4.78 is 14.0. The number of anilines is 1. The first-order valence-electron chi connectivity index (χ1n) is 4.21. The zero-order valence-corrected chi connectivity index (χ0v) is 10.7. The van der Waals surface area contributed by atoms with Gasteiger partial charge in [-0.05, 0) is 40.2 Å². The molecule has 0 spiro atoms. The number of carbonyl (C=O) groups excluding carboxylic acids is 1. The molecule has 1 aliphatic heterocycles. The fraction of sp³-hybridized carbons (Fsp3) is 0.100. The first-order chi connectivity index (χ1) is 7.09. The van der Waals surface area contributed by atoms with Crippen LogP contribution < -0.4 is 4.90 Å². The molecule has 0 saturated heterocycles. The number of carbonyl (C=O) groups is 1. The van der Waals surface area contributed by atoms with Gasteiger partial charge in [0.05, 0.1) is 11.0 Å². The van der Waals surface area contributed by atoms with Crippen LogP contribution in [0.15, 0.2) is 33.2 Å². The number of rotatable bonds is 1. The lowest BCUT2D eigenvalue weighted by molar-refractivity contribution is -0.113. The summed E-state index contributed by atoms with van der Waals surface area (Å²) in [4.78, 5) is 13.3. The second kappa shape index (κ2) is 4.06. The molecule has 0 fully saturated rings. The number of amides is 1. The molecule has 0 N–H and O–H groups in total. The molecule has 2 rings (SSSR count). The van der Waals surface area contributed by atoms with Crippen molar-refractivity contribution in [3.8, 4) is 0 Å². The standard InChI is InChI=1S/C10H6Br2FNO/c11-8-5-14(10(15)9(8)12)7-3-1-6(13)2-4-7/h1-4H,5H2. The summed E-state index contributed by atoms with van der Waals surface area (Å²) >= 11 is 6.48. The molecule has 5 heteroatoms. The Morgan fingerprint density at radius 1 is 1.20 bits per heavy atom. The van der Waals surface area contributed by atoms with Crippen LogP contribution in [0.3, 0.4) is 0 Å². The average molecular weight is 335 g/mol. The summed E-state index contributed by atoms with van der Waals surface area (Å²) in [7, 11) is 0. The Hall–Kier alpha value is -0.680. The summed E-state index contributed by atoms with van der Waals surface area (Å²) in [5.74, 6) is -0.426. The molecule has 1 aliphatic rings. The van der Waals surface area contributed by atoms with Crippen LogP contribution >= 0.6 is 31.9 Å². The van der Waals surface area contributed by atoms with Crippen molar-refractivity contribution >= 4 is 43.5 Å². The van der Waals surface area contributed by atoms with Gasteiger partial charge in [0.1, 0.15) is 5.82 Å². The minimum Gasteiger partial charge on any atom is -0.303 e. The lowest BCUT2D eigenvalue weighted by atomic mass is 10.3. The monoisotopic (exact) mass is 333 g/mol. The molecule has 1 heterocycles. The van der Waals surface area contributed by atoms with Crippen molar-refractivity contribution in [2.24, 2.45) is 0 Å². The van der Waals surface area contributed by atoms with Crippen molar-refractivity contribution in [1.29, 1.82) is 0 Å². The van der Waals surface area contributed by atoms with Crippen molar-refractivity contribution in [3.63, 3.8) is 0 Å². The number of hydrogen-bond donors (Lipinski definition) is 0. The van der Waals surface area contributed by atoms with E-state index in [1.807, 2.05) is 0 Å². The molecule has 2 nitrogen and oxygen atoms in total. The van der Waals surface area contributed by atoms with Gasteiger partial charge in [-0.2, -0.15) is 0 Å². The Morgan fingerprint density at radius 3 is 2.27 bits per heavy atom. The topological polar surface area (TPSA) is 20.3 Å². The summed E-state index contributed by atoms with van der Waals surface area (Å²) in [5, 5.41) is 0. The van der Waals surface area contributed by atoms with Gasteiger partial charge in [-0.15, -0.1) is 0 Å². The first-order valence-corrected chi connectivity index (χ1v) is 5.80. The Kier molecular flexibility index (Phi) is 2.93. The highest BCUT2D eigenvalue weighted by molar-refractivity contribution is 9.14. The third-order valence-corrected chi connectivity index (χ3v) is 4.10. The summed E-state index contributed by atoms with van der Waals surface area (Å²) in [5.41, 5.74) is 0.688. The van der Waals surface area contributed by atoms with E-state index in [1.165, 1.54) is 12.1 Å². The minimum absolute atomic E-state index is 0.117. The molecule has 0 aliphatic carbocycles. The molecule has 1 amide bonds. The summed E-state index contributed by atoms with van der Waals surface area (Å²) in [6.45, 7) is 0.477. The van der Waals surface area contributed by atoms with E-state index in [1.54, 1.807) is 17.0 Å². The van der Waals surface area contributed by atoms with Crippen LogP contribution in [-0.4, -0.2) is 12.5 Å².